The summed E-state index contributed by atoms with van der Waals surface area (Å²) in [6, 6.07) is 65.6. The molecule has 10 aromatic rings. The number of hydrogen-bond acceptors (Lipinski definition) is 4. The first-order chi connectivity index (χ1) is 27.2. The van der Waals surface area contributed by atoms with Crippen LogP contribution in [0.2, 0.25) is 0 Å². The van der Waals surface area contributed by atoms with Gasteiger partial charge in [-0.2, -0.15) is 0 Å². The Hall–Kier alpha value is -7.43. The molecule has 3 aromatic heterocycles. The van der Waals surface area contributed by atoms with Gasteiger partial charge in [0, 0.05) is 39.9 Å². The largest absolute Gasteiger partial charge is 0.456 e. The molecule has 0 aliphatic rings. The average Bonchev–Trinajstić information content (AvgIpc) is 3.65. The third-order valence-electron chi connectivity index (χ3n) is 10.2. The SMILES string of the molecule is c1ccc(-c2nc(-c3ccc(-c4cccnc4)cc3)cc(-c3cc(-c4ccc5oc6ccccc6c5c4)cc(-c4ccccc4-c4ccccc4)c3)n2)cc1. The van der Waals surface area contributed by atoms with Gasteiger partial charge in [0.25, 0.3) is 0 Å². The van der Waals surface area contributed by atoms with Gasteiger partial charge in [-0.1, -0.05) is 140 Å². The zero-order chi connectivity index (χ0) is 36.6. The molecule has 4 nitrogen and oxygen atoms in total. The number of para-hydroxylation sites is 1. The van der Waals surface area contributed by atoms with Crippen molar-refractivity contribution < 1.29 is 4.42 Å². The Balaban J connectivity index is 1.18. The maximum Gasteiger partial charge on any atom is 0.160 e. The van der Waals surface area contributed by atoms with Crippen molar-refractivity contribution in [3.05, 3.63) is 200 Å². The summed E-state index contributed by atoms with van der Waals surface area (Å²) in [6.45, 7) is 0. The van der Waals surface area contributed by atoms with Crippen LogP contribution in [0.1, 0.15) is 0 Å². The van der Waals surface area contributed by atoms with E-state index in [4.69, 9.17) is 14.4 Å². The maximum atomic E-state index is 6.22. The van der Waals surface area contributed by atoms with Gasteiger partial charge >= 0.3 is 0 Å². The van der Waals surface area contributed by atoms with Gasteiger partial charge in [-0.15, -0.1) is 0 Å². The lowest BCUT2D eigenvalue weighted by Gasteiger charge is -2.15. The van der Waals surface area contributed by atoms with Crippen LogP contribution in [-0.2, 0) is 0 Å². The molecule has 0 fully saturated rings. The molecule has 0 unspecified atom stereocenters. The van der Waals surface area contributed by atoms with Crippen LogP contribution >= 0.6 is 0 Å². The third-order valence-corrected chi connectivity index (χ3v) is 10.2. The zero-order valence-electron chi connectivity index (χ0n) is 29.8. The van der Waals surface area contributed by atoms with Gasteiger partial charge < -0.3 is 4.42 Å². The number of hydrogen-bond donors (Lipinski definition) is 0. The lowest BCUT2D eigenvalue weighted by atomic mass is 9.90. The van der Waals surface area contributed by atoms with Crippen LogP contribution in [0.3, 0.4) is 0 Å². The molecule has 0 saturated heterocycles. The fourth-order valence-corrected chi connectivity index (χ4v) is 7.43. The molecule has 0 atom stereocenters. The second-order valence-corrected chi connectivity index (χ2v) is 13.7. The van der Waals surface area contributed by atoms with E-state index in [1.807, 2.05) is 42.6 Å². The number of rotatable bonds is 7. The molecule has 7 aromatic carbocycles. The lowest BCUT2D eigenvalue weighted by Crippen LogP contribution is -1.97. The second kappa shape index (κ2) is 13.8. The van der Waals surface area contributed by atoms with Crippen LogP contribution in [0.5, 0.6) is 0 Å². The molecule has 55 heavy (non-hydrogen) atoms. The molecular weight excluding hydrogens is 671 g/mol. The van der Waals surface area contributed by atoms with E-state index in [9.17, 15) is 0 Å². The van der Waals surface area contributed by atoms with Crippen LogP contribution in [0, 0.1) is 0 Å². The van der Waals surface area contributed by atoms with Crippen LogP contribution in [0.15, 0.2) is 205 Å². The number of pyridine rings is 1. The zero-order valence-corrected chi connectivity index (χ0v) is 29.8. The van der Waals surface area contributed by atoms with Crippen molar-refractivity contribution in [2.24, 2.45) is 0 Å². The summed E-state index contributed by atoms with van der Waals surface area (Å²) in [5, 5.41) is 2.20. The van der Waals surface area contributed by atoms with E-state index in [0.717, 1.165) is 83.4 Å². The first-order valence-corrected chi connectivity index (χ1v) is 18.4. The Kier molecular flexibility index (Phi) is 8.12. The number of nitrogens with zero attached hydrogens (tertiary/aromatic N) is 3. The Labute approximate surface area is 319 Å². The molecule has 0 aliphatic carbocycles. The molecule has 10 rings (SSSR count). The summed E-state index contributed by atoms with van der Waals surface area (Å²) in [4.78, 5) is 14.7. The van der Waals surface area contributed by atoms with Crippen molar-refractivity contribution in [3.8, 4) is 78.4 Å². The van der Waals surface area contributed by atoms with Gasteiger partial charge in [-0.05, 0) is 93.0 Å². The highest BCUT2D eigenvalue weighted by Crippen LogP contribution is 2.40. The minimum atomic E-state index is 0.673. The topological polar surface area (TPSA) is 51.8 Å². The number of benzene rings is 7. The minimum absolute atomic E-state index is 0.673. The average molecular weight is 704 g/mol. The summed E-state index contributed by atoms with van der Waals surface area (Å²) in [5.74, 6) is 0.673. The van der Waals surface area contributed by atoms with Crippen molar-refractivity contribution in [1.82, 2.24) is 15.0 Å². The quantitative estimate of drug-likeness (QED) is 0.166. The first-order valence-electron chi connectivity index (χ1n) is 18.4. The highest BCUT2D eigenvalue weighted by atomic mass is 16.3. The van der Waals surface area contributed by atoms with Crippen LogP contribution in [0.25, 0.3) is 100 Å². The van der Waals surface area contributed by atoms with E-state index in [-0.39, 0.29) is 0 Å². The predicted octanol–water partition coefficient (Wildman–Crippen LogP) is 13.4. The molecule has 0 amide bonds. The first kappa shape index (κ1) is 32.2. The fraction of sp³-hybridized carbons (Fsp3) is 0. The highest BCUT2D eigenvalue weighted by Gasteiger charge is 2.16. The Bertz CT molecular complexity index is 2950. The Morgan fingerprint density at radius 2 is 0.909 bits per heavy atom. The molecule has 0 N–H and O–H groups in total. The molecule has 0 radical (unpaired) electrons. The van der Waals surface area contributed by atoms with Gasteiger partial charge in [0.05, 0.1) is 11.4 Å². The van der Waals surface area contributed by atoms with Crippen molar-refractivity contribution >= 4 is 21.9 Å². The summed E-state index contributed by atoms with van der Waals surface area (Å²) >= 11 is 0. The summed E-state index contributed by atoms with van der Waals surface area (Å²) < 4.78 is 6.22. The molecule has 3 heterocycles. The maximum absolute atomic E-state index is 6.22. The van der Waals surface area contributed by atoms with Gasteiger partial charge in [0.1, 0.15) is 11.2 Å². The number of aromatic nitrogens is 3. The van der Waals surface area contributed by atoms with E-state index in [0.29, 0.717) is 5.82 Å². The van der Waals surface area contributed by atoms with Crippen LogP contribution in [0.4, 0.5) is 0 Å². The molecule has 258 valence electrons. The van der Waals surface area contributed by atoms with Gasteiger partial charge in [-0.25, -0.2) is 9.97 Å². The van der Waals surface area contributed by atoms with Crippen LogP contribution in [-0.4, -0.2) is 15.0 Å². The summed E-state index contributed by atoms with van der Waals surface area (Å²) in [5.41, 5.74) is 15.4. The third kappa shape index (κ3) is 6.26. The monoisotopic (exact) mass is 703 g/mol. The smallest absolute Gasteiger partial charge is 0.160 e. The van der Waals surface area contributed by atoms with Gasteiger partial charge in [0.15, 0.2) is 5.82 Å². The van der Waals surface area contributed by atoms with Crippen LogP contribution < -0.4 is 0 Å². The molecule has 0 aliphatic heterocycles. The van der Waals surface area contributed by atoms with Crippen molar-refractivity contribution in [2.75, 3.05) is 0 Å². The minimum Gasteiger partial charge on any atom is -0.456 e. The van der Waals surface area contributed by atoms with E-state index in [1.54, 1.807) is 6.20 Å². The molecule has 0 bridgehead atoms. The van der Waals surface area contributed by atoms with Gasteiger partial charge in [0.2, 0.25) is 0 Å². The van der Waals surface area contributed by atoms with Crippen molar-refractivity contribution in [1.29, 1.82) is 0 Å². The summed E-state index contributed by atoms with van der Waals surface area (Å²) in [7, 11) is 0. The van der Waals surface area contributed by atoms with Crippen molar-refractivity contribution in [2.45, 2.75) is 0 Å². The van der Waals surface area contributed by atoms with E-state index in [1.165, 1.54) is 11.1 Å². The number of furan rings is 1. The number of fused-ring (bicyclic) bond motifs is 3. The Morgan fingerprint density at radius 3 is 1.67 bits per heavy atom. The van der Waals surface area contributed by atoms with Crippen molar-refractivity contribution in [3.63, 3.8) is 0 Å². The Morgan fingerprint density at radius 1 is 0.327 bits per heavy atom. The van der Waals surface area contributed by atoms with Gasteiger partial charge in [-0.3, -0.25) is 4.98 Å². The molecule has 4 heteroatoms. The second-order valence-electron chi connectivity index (χ2n) is 13.7. The standard InChI is InChI=1S/C51H33N3O/c1-3-12-35(13-4-1)43-17-7-8-18-44(43)41-28-40(38-25-26-50-46(31-38)45-19-9-10-20-49(45)55-50)29-42(30-41)48-32-47(53-51(54-48)37-14-5-2-6-15-37)36-23-21-34(22-24-36)39-16-11-27-52-33-39/h1-33H. The predicted molar refractivity (Wildman–Crippen MR) is 225 cm³/mol. The normalized spacial score (nSPS) is 11.3. The molecular formula is C51H33N3O. The lowest BCUT2D eigenvalue weighted by molar-refractivity contribution is 0.669. The fourth-order valence-electron chi connectivity index (χ4n) is 7.43. The highest BCUT2D eigenvalue weighted by molar-refractivity contribution is 6.06. The van der Waals surface area contributed by atoms with E-state index >= 15 is 0 Å². The summed E-state index contributed by atoms with van der Waals surface area (Å²) in [6.07, 6.45) is 3.68. The molecule has 0 saturated carbocycles. The van der Waals surface area contributed by atoms with E-state index < -0.39 is 0 Å². The van der Waals surface area contributed by atoms with E-state index in [2.05, 4.69) is 157 Å². The molecule has 0 spiro atoms.